The topological polar surface area (TPSA) is 78.1 Å². The highest BCUT2D eigenvalue weighted by Gasteiger charge is 2.20. The molecule has 4 aromatic rings. The number of benzene rings is 1. The average molecular weight is 447 g/mol. The number of ether oxygens (including phenoxy) is 1. The van der Waals surface area contributed by atoms with Crippen LogP contribution in [0.5, 0.6) is 5.75 Å². The third kappa shape index (κ3) is 4.20. The van der Waals surface area contributed by atoms with E-state index < -0.39 is 0 Å². The second-order valence-corrected chi connectivity index (χ2v) is 8.24. The van der Waals surface area contributed by atoms with Crippen molar-refractivity contribution in [3.05, 3.63) is 59.2 Å². The molecule has 0 unspecified atom stereocenters. The number of carbonyl (C=O) groups is 1. The van der Waals surface area contributed by atoms with Crippen LogP contribution in [0.2, 0.25) is 0 Å². The van der Waals surface area contributed by atoms with Crippen molar-refractivity contribution in [1.82, 2.24) is 29.4 Å². The summed E-state index contributed by atoms with van der Waals surface area (Å²) in [6.45, 7) is 9.50. The van der Waals surface area contributed by atoms with Gasteiger partial charge in [0.15, 0.2) is 5.65 Å². The van der Waals surface area contributed by atoms with Gasteiger partial charge in [-0.3, -0.25) is 9.48 Å². The quantitative estimate of drug-likeness (QED) is 0.430. The Kier molecular flexibility index (Phi) is 6.18. The summed E-state index contributed by atoms with van der Waals surface area (Å²) >= 11 is 0. The molecule has 0 N–H and O–H groups in total. The van der Waals surface area contributed by atoms with Gasteiger partial charge in [0.1, 0.15) is 12.3 Å². The summed E-state index contributed by atoms with van der Waals surface area (Å²) in [4.78, 5) is 19.4. The fourth-order valence-electron chi connectivity index (χ4n) is 4.25. The van der Waals surface area contributed by atoms with Gasteiger partial charge in [0.2, 0.25) is 5.91 Å². The molecule has 0 bridgehead atoms. The van der Waals surface area contributed by atoms with Crippen LogP contribution in [0.1, 0.15) is 29.6 Å². The maximum absolute atomic E-state index is 13.1. The molecule has 0 fully saturated rings. The molecule has 4 rings (SSSR count). The first-order chi connectivity index (χ1) is 15.8. The number of aryl methyl sites for hydroxylation is 3. The minimum Gasteiger partial charge on any atom is -0.497 e. The number of amides is 1. The first-order valence-corrected chi connectivity index (χ1v) is 11.1. The molecule has 1 aromatic carbocycles. The minimum atomic E-state index is -0.0286. The van der Waals surface area contributed by atoms with Crippen molar-refractivity contribution < 1.29 is 9.53 Å². The van der Waals surface area contributed by atoms with Gasteiger partial charge in [0.25, 0.3) is 0 Å². The molecule has 172 valence electrons. The molecule has 0 saturated carbocycles. The number of pyridine rings is 1. The first-order valence-electron chi connectivity index (χ1n) is 11.1. The number of carbonyl (C=O) groups excluding carboxylic acids is 1. The summed E-state index contributed by atoms with van der Waals surface area (Å²) < 4.78 is 8.95. The van der Waals surface area contributed by atoms with Crippen molar-refractivity contribution in [3.8, 4) is 16.9 Å². The van der Waals surface area contributed by atoms with Crippen LogP contribution in [0, 0.1) is 20.8 Å². The van der Waals surface area contributed by atoms with Gasteiger partial charge in [-0.05, 0) is 57.0 Å². The molecule has 0 aliphatic heterocycles. The molecular weight excluding hydrogens is 416 g/mol. The van der Waals surface area contributed by atoms with E-state index in [1.54, 1.807) is 22.9 Å². The molecular formula is C25H30N6O2. The maximum atomic E-state index is 13.1. The van der Waals surface area contributed by atoms with Crippen LogP contribution in [-0.4, -0.2) is 49.5 Å². The number of methoxy groups -OCH3 is 1. The Morgan fingerprint density at radius 1 is 1.03 bits per heavy atom. The van der Waals surface area contributed by atoms with Gasteiger partial charge in [-0.15, -0.1) is 0 Å². The maximum Gasteiger partial charge on any atom is 0.244 e. The van der Waals surface area contributed by atoms with Crippen LogP contribution in [0.25, 0.3) is 22.2 Å². The molecule has 1 amide bonds. The van der Waals surface area contributed by atoms with E-state index in [0.29, 0.717) is 12.2 Å². The Hall–Kier alpha value is -3.68. The van der Waals surface area contributed by atoms with Crippen LogP contribution in [0.15, 0.2) is 36.5 Å². The summed E-state index contributed by atoms with van der Waals surface area (Å²) in [6, 6.07) is 9.89. The van der Waals surface area contributed by atoms with Crippen molar-refractivity contribution in [2.45, 2.75) is 47.3 Å². The van der Waals surface area contributed by atoms with Gasteiger partial charge >= 0.3 is 0 Å². The molecule has 3 aromatic heterocycles. The first kappa shape index (κ1) is 22.5. The normalized spacial score (nSPS) is 11.2. The van der Waals surface area contributed by atoms with Gasteiger partial charge in [-0.1, -0.05) is 12.1 Å². The Morgan fingerprint density at radius 3 is 2.36 bits per heavy atom. The SMILES string of the molecule is CCn1nc(C)c(CN(C)C(=O)Cn2nc(C)c3c(-c4ccc(OC)cc4)ccnc32)c1C. The summed E-state index contributed by atoms with van der Waals surface area (Å²) in [5.74, 6) is 0.777. The summed E-state index contributed by atoms with van der Waals surface area (Å²) in [5.41, 5.74) is 6.78. The Balaban J connectivity index is 1.60. The highest BCUT2D eigenvalue weighted by molar-refractivity contribution is 5.95. The number of nitrogens with zero attached hydrogens (tertiary/aromatic N) is 6. The lowest BCUT2D eigenvalue weighted by Gasteiger charge is -2.18. The molecule has 0 atom stereocenters. The number of likely N-dealkylation sites (N-methyl/N-ethyl adjacent to an activating group) is 1. The molecule has 0 radical (unpaired) electrons. The Labute approximate surface area is 193 Å². The van der Waals surface area contributed by atoms with Crippen molar-refractivity contribution >= 4 is 16.9 Å². The van der Waals surface area contributed by atoms with E-state index in [1.165, 1.54) is 0 Å². The van der Waals surface area contributed by atoms with E-state index in [4.69, 9.17) is 4.74 Å². The van der Waals surface area contributed by atoms with Crippen LogP contribution in [-0.2, 0) is 24.4 Å². The number of fused-ring (bicyclic) bond motifs is 1. The molecule has 0 aliphatic carbocycles. The molecule has 8 heteroatoms. The van der Waals surface area contributed by atoms with Crippen molar-refractivity contribution in [1.29, 1.82) is 0 Å². The average Bonchev–Trinajstić information content (AvgIpc) is 3.29. The lowest BCUT2D eigenvalue weighted by molar-refractivity contribution is -0.131. The standard InChI is InChI=1S/C25H30N6O2/c1-7-30-18(4)22(16(2)27-30)14-29(5)23(32)15-31-25-24(17(3)28-31)21(12-13-26-25)19-8-10-20(33-6)11-9-19/h8-13H,7,14-15H2,1-6H3. The molecule has 0 spiro atoms. The fraction of sp³-hybridized carbons (Fsp3) is 0.360. The second kappa shape index (κ2) is 9.05. The fourth-order valence-corrected chi connectivity index (χ4v) is 4.25. The predicted molar refractivity (Wildman–Crippen MR) is 128 cm³/mol. The van der Waals surface area contributed by atoms with Gasteiger partial charge in [0.05, 0.1) is 18.5 Å². The van der Waals surface area contributed by atoms with Crippen LogP contribution in [0.4, 0.5) is 0 Å². The Morgan fingerprint density at radius 2 is 1.73 bits per heavy atom. The van der Waals surface area contributed by atoms with E-state index in [-0.39, 0.29) is 12.5 Å². The molecule has 3 heterocycles. The van der Waals surface area contributed by atoms with Gasteiger partial charge in [-0.2, -0.15) is 10.2 Å². The molecule has 0 saturated heterocycles. The van der Waals surface area contributed by atoms with Crippen LogP contribution in [0.3, 0.4) is 0 Å². The van der Waals surface area contributed by atoms with Crippen LogP contribution < -0.4 is 4.74 Å². The monoisotopic (exact) mass is 446 g/mol. The zero-order chi connectivity index (χ0) is 23.7. The van der Waals surface area contributed by atoms with E-state index in [2.05, 4.69) is 22.1 Å². The van der Waals surface area contributed by atoms with E-state index in [1.807, 2.05) is 62.8 Å². The Bertz CT molecular complexity index is 1300. The number of hydrogen-bond acceptors (Lipinski definition) is 5. The van der Waals surface area contributed by atoms with Gasteiger partial charge in [0, 0.05) is 43.0 Å². The lowest BCUT2D eigenvalue weighted by atomic mass is 10.0. The summed E-state index contributed by atoms with van der Waals surface area (Å²) in [6.07, 6.45) is 1.76. The summed E-state index contributed by atoms with van der Waals surface area (Å²) in [7, 11) is 3.47. The van der Waals surface area contributed by atoms with Crippen LogP contribution >= 0.6 is 0 Å². The van der Waals surface area contributed by atoms with Crippen molar-refractivity contribution in [3.63, 3.8) is 0 Å². The second-order valence-electron chi connectivity index (χ2n) is 8.24. The molecule has 33 heavy (non-hydrogen) atoms. The third-order valence-electron chi connectivity index (χ3n) is 6.15. The largest absolute Gasteiger partial charge is 0.497 e. The number of aromatic nitrogens is 5. The van der Waals surface area contributed by atoms with E-state index in [0.717, 1.165) is 51.5 Å². The lowest BCUT2D eigenvalue weighted by Crippen LogP contribution is -2.30. The molecule has 8 nitrogen and oxygen atoms in total. The number of rotatable bonds is 7. The predicted octanol–water partition coefficient (Wildman–Crippen LogP) is 3.91. The van der Waals surface area contributed by atoms with Gasteiger partial charge in [-0.25, -0.2) is 9.67 Å². The van der Waals surface area contributed by atoms with Crippen molar-refractivity contribution in [2.24, 2.45) is 0 Å². The van der Waals surface area contributed by atoms with Crippen molar-refractivity contribution in [2.75, 3.05) is 14.2 Å². The van der Waals surface area contributed by atoms with Gasteiger partial charge < -0.3 is 9.64 Å². The minimum absolute atomic E-state index is 0.0286. The molecule has 0 aliphatic rings. The zero-order valence-electron chi connectivity index (χ0n) is 20.1. The van der Waals surface area contributed by atoms with E-state index in [9.17, 15) is 4.79 Å². The zero-order valence-corrected chi connectivity index (χ0v) is 20.1. The highest BCUT2D eigenvalue weighted by Crippen LogP contribution is 2.31. The summed E-state index contributed by atoms with van der Waals surface area (Å²) in [5, 5.41) is 10.2. The smallest absolute Gasteiger partial charge is 0.244 e. The third-order valence-corrected chi connectivity index (χ3v) is 6.15. The number of hydrogen-bond donors (Lipinski definition) is 0. The highest BCUT2D eigenvalue weighted by atomic mass is 16.5. The van der Waals surface area contributed by atoms with E-state index >= 15 is 0 Å².